The van der Waals surface area contributed by atoms with Crippen LogP contribution in [0.1, 0.15) is 24.2 Å². The van der Waals surface area contributed by atoms with Crippen molar-refractivity contribution in [3.8, 4) is 11.5 Å². The number of phenols is 2. The van der Waals surface area contributed by atoms with Gasteiger partial charge in [0.1, 0.15) is 11.5 Å². The third kappa shape index (κ3) is 2.62. The van der Waals surface area contributed by atoms with Gasteiger partial charge in [-0.3, -0.25) is 4.68 Å². The van der Waals surface area contributed by atoms with E-state index in [1.54, 1.807) is 16.9 Å². The first-order valence-corrected chi connectivity index (χ1v) is 5.80. The number of hydrogen-bond acceptors (Lipinski definition) is 4. The summed E-state index contributed by atoms with van der Waals surface area (Å²) in [5.41, 5.74) is 1.73. The van der Waals surface area contributed by atoms with Gasteiger partial charge < -0.3 is 15.5 Å². The van der Waals surface area contributed by atoms with Crippen molar-refractivity contribution in [2.24, 2.45) is 7.05 Å². The Labute approximate surface area is 106 Å². The first kappa shape index (κ1) is 12.4. The Balaban J connectivity index is 2.06. The van der Waals surface area contributed by atoms with Crippen LogP contribution in [0.3, 0.4) is 0 Å². The SMILES string of the molecule is CC(NCc1ccnn1C)c1cc(O)ccc1O. The van der Waals surface area contributed by atoms with Crippen molar-refractivity contribution in [3.05, 3.63) is 41.7 Å². The highest BCUT2D eigenvalue weighted by Crippen LogP contribution is 2.27. The maximum absolute atomic E-state index is 9.75. The first-order valence-electron chi connectivity index (χ1n) is 5.80. The first-order chi connectivity index (χ1) is 8.58. The molecule has 1 aromatic carbocycles. The fourth-order valence-electron chi connectivity index (χ4n) is 1.83. The number of nitrogens with zero attached hydrogens (tertiary/aromatic N) is 2. The third-order valence-corrected chi connectivity index (χ3v) is 2.99. The van der Waals surface area contributed by atoms with Gasteiger partial charge in [-0.1, -0.05) is 0 Å². The summed E-state index contributed by atoms with van der Waals surface area (Å²) in [5.74, 6) is 0.329. The van der Waals surface area contributed by atoms with E-state index in [-0.39, 0.29) is 17.5 Å². The lowest BCUT2D eigenvalue weighted by molar-refractivity contribution is 0.439. The maximum Gasteiger partial charge on any atom is 0.120 e. The molecule has 0 saturated heterocycles. The minimum atomic E-state index is -0.0630. The van der Waals surface area contributed by atoms with Gasteiger partial charge >= 0.3 is 0 Å². The van der Waals surface area contributed by atoms with Crippen LogP contribution >= 0.6 is 0 Å². The monoisotopic (exact) mass is 247 g/mol. The molecule has 0 amide bonds. The van der Waals surface area contributed by atoms with Gasteiger partial charge in [0.25, 0.3) is 0 Å². The van der Waals surface area contributed by atoms with Crippen LogP contribution in [0, 0.1) is 0 Å². The zero-order valence-electron chi connectivity index (χ0n) is 10.5. The molecule has 18 heavy (non-hydrogen) atoms. The largest absolute Gasteiger partial charge is 0.508 e. The molecule has 1 aromatic heterocycles. The third-order valence-electron chi connectivity index (χ3n) is 2.99. The van der Waals surface area contributed by atoms with Gasteiger partial charge in [0.2, 0.25) is 0 Å². The van der Waals surface area contributed by atoms with Crippen LogP contribution in [-0.2, 0) is 13.6 Å². The van der Waals surface area contributed by atoms with Gasteiger partial charge in [0.15, 0.2) is 0 Å². The highest BCUT2D eigenvalue weighted by atomic mass is 16.3. The van der Waals surface area contributed by atoms with Crippen LogP contribution in [0.2, 0.25) is 0 Å². The number of aromatic hydroxyl groups is 2. The molecule has 0 radical (unpaired) electrons. The average molecular weight is 247 g/mol. The molecular formula is C13H17N3O2. The average Bonchev–Trinajstić information content (AvgIpc) is 2.75. The molecule has 5 nitrogen and oxygen atoms in total. The second-order valence-electron chi connectivity index (χ2n) is 4.29. The highest BCUT2D eigenvalue weighted by molar-refractivity contribution is 5.40. The summed E-state index contributed by atoms with van der Waals surface area (Å²) in [7, 11) is 1.88. The van der Waals surface area contributed by atoms with E-state index in [2.05, 4.69) is 10.4 Å². The number of aromatic nitrogens is 2. The predicted octanol–water partition coefficient (Wildman–Crippen LogP) is 1.68. The van der Waals surface area contributed by atoms with E-state index in [0.29, 0.717) is 12.1 Å². The van der Waals surface area contributed by atoms with Crippen molar-refractivity contribution in [1.82, 2.24) is 15.1 Å². The molecule has 0 saturated carbocycles. The Morgan fingerprint density at radius 2 is 2.11 bits per heavy atom. The lowest BCUT2D eigenvalue weighted by Gasteiger charge is -2.16. The fourth-order valence-corrected chi connectivity index (χ4v) is 1.83. The summed E-state index contributed by atoms with van der Waals surface area (Å²) in [6, 6.07) is 6.39. The van der Waals surface area contributed by atoms with Crippen LogP contribution < -0.4 is 5.32 Å². The summed E-state index contributed by atoms with van der Waals surface area (Å²) in [4.78, 5) is 0. The van der Waals surface area contributed by atoms with E-state index in [1.807, 2.05) is 20.0 Å². The standard InChI is InChI=1S/C13H17N3O2/c1-9(12-7-11(17)3-4-13(12)18)14-8-10-5-6-15-16(10)2/h3-7,9,14,17-18H,8H2,1-2H3. The number of aryl methyl sites for hydroxylation is 1. The van der Waals surface area contributed by atoms with Crippen LogP contribution in [0.25, 0.3) is 0 Å². The molecule has 5 heteroatoms. The molecule has 1 heterocycles. The molecule has 2 rings (SSSR count). The van der Waals surface area contributed by atoms with Gasteiger partial charge in [0.05, 0.1) is 5.69 Å². The van der Waals surface area contributed by atoms with Crippen LogP contribution in [0.4, 0.5) is 0 Å². The molecule has 0 bridgehead atoms. The van der Waals surface area contributed by atoms with Crippen molar-refractivity contribution >= 4 is 0 Å². The number of benzene rings is 1. The van der Waals surface area contributed by atoms with Gasteiger partial charge in [-0.2, -0.15) is 5.10 Å². The minimum absolute atomic E-state index is 0.0630. The van der Waals surface area contributed by atoms with Crippen LogP contribution in [-0.4, -0.2) is 20.0 Å². The molecule has 1 unspecified atom stereocenters. The molecule has 1 atom stereocenters. The predicted molar refractivity (Wildman–Crippen MR) is 68.2 cm³/mol. The van der Waals surface area contributed by atoms with E-state index < -0.39 is 0 Å². The van der Waals surface area contributed by atoms with Crippen molar-refractivity contribution in [3.63, 3.8) is 0 Å². The van der Waals surface area contributed by atoms with Gasteiger partial charge in [-0.15, -0.1) is 0 Å². The summed E-state index contributed by atoms with van der Waals surface area (Å²) in [5, 5.41) is 26.5. The van der Waals surface area contributed by atoms with E-state index in [9.17, 15) is 10.2 Å². The van der Waals surface area contributed by atoms with E-state index >= 15 is 0 Å². The van der Waals surface area contributed by atoms with Crippen LogP contribution in [0.5, 0.6) is 11.5 Å². The zero-order valence-corrected chi connectivity index (χ0v) is 10.5. The molecule has 0 aliphatic heterocycles. The topological polar surface area (TPSA) is 70.3 Å². The fraction of sp³-hybridized carbons (Fsp3) is 0.308. The van der Waals surface area contributed by atoms with E-state index in [0.717, 1.165) is 5.69 Å². The number of nitrogens with one attached hydrogen (secondary N) is 1. The van der Waals surface area contributed by atoms with Crippen molar-refractivity contribution in [2.75, 3.05) is 0 Å². The van der Waals surface area contributed by atoms with Crippen molar-refractivity contribution in [2.45, 2.75) is 19.5 Å². The second-order valence-corrected chi connectivity index (χ2v) is 4.29. The van der Waals surface area contributed by atoms with Crippen molar-refractivity contribution in [1.29, 1.82) is 0 Å². The van der Waals surface area contributed by atoms with Crippen LogP contribution in [0.15, 0.2) is 30.5 Å². The quantitative estimate of drug-likeness (QED) is 0.719. The lowest BCUT2D eigenvalue weighted by Crippen LogP contribution is -2.19. The summed E-state index contributed by atoms with van der Waals surface area (Å²) in [6.45, 7) is 2.58. The number of rotatable bonds is 4. The Hall–Kier alpha value is -2.01. The lowest BCUT2D eigenvalue weighted by atomic mass is 10.1. The molecule has 0 aliphatic rings. The number of phenolic OH excluding ortho intramolecular Hbond substituents is 2. The van der Waals surface area contributed by atoms with Gasteiger partial charge in [-0.25, -0.2) is 0 Å². The summed E-state index contributed by atoms with van der Waals surface area (Å²) >= 11 is 0. The molecule has 0 fully saturated rings. The molecule has 3 N–H and O–H groups in total. The Morgan fingerprint density at radius 3 is 2.78 bits per heavy atom. The Kier molecular flexibility index (Phi) is 3.53. The molecular weight excluding hydrogens is 230 g/mol. The van der Waals surface area contributed by atoms with E-state index in [4.69, 9.17) is 0 Å². The molecule has 96 valence electrons. The van der Waals surface area contributed by atoms with Gasteiger partial charge in [0, 0.05) is 31.4 Å². The maximum atomic E-state index is 9.75. The summed E-state index contributed by atoms with van der Waals surface area (Å²) in [6.07, 6.45) is 1.74. The zero-order chi connectivity index (χ0) is 13.1. The van der Waals surface area contributed by atoms with Gasteiger partial charge in [-0.05, 0) is 31.2 Å². The second kappa shape index (κ2) is 5.10. The smallest absolute Gasteiger partial charge is 0.120 e. The van der Waals surface area contributed by atoms with Crippen molar-refractivity contribution < 1.29 is 10.2 Å². The van der Waals surface area contributed by atoms with E-state index in [1.165, 1.54) is 12.1 Å². The molecule has 0 aliphatic carbocycles. The normalized spacial score (nSPS) is 12.6. The molecule has 0 spiro atoms. The highest BCUT2D eigenvalue weighted by Gasteiger charge is 2.11. The Morgan fingerprint density at radius 1 is 1.33 bits per heavy atom. The summed E-state index contributed by atoms with van der Waals surface area (Å²) < 4.78 is 1.79. The molecule has 2 aromatic rings. The number of hydrogen-bond donors (Lipinski definition) is 3. The Bertz CT molecular complexity index is 537. The minimum Gasteiger partial charge on any atom is -0.508 e.